The topological polar surface area (TPSA) is 131 Å². The molecule has 0 saturated carbocycles. The molecular weight excluding hydrogens is 316 g/mol. The fourth-order valence-corrected chi connectivity index (χ4v) is 1.97. The third-order valence-electron chi connectivity index (χ3n) is 3.19. The summed E-state index contributed by atoms with van der Waals surface area (Å²) in [6.07, 6.45) is 2.80. The van der Waals surface area contributed by atoms with E-state index in [4.69, 9.17) is 29.8 Å². The minimum Gasteiger partial charge on any atom is -0.469 e. The van der Waals surface area contributed by atoms with Gasteiger partial charge in [0.1, 0.15) is 11.5 Å². The van der Waals surface area contributed by atoms with Gasteiger partial charge in [0, 0.05) is 25.7 Å². The molecule has 0 fully saturated rings. The summed E-state index contributed by atoms with van der Waals surface area (Å²) in [7, 11) is 0. The molecule has 2 unspecified atom stereocenters. The van der Waals surface area contributed by atoms with Crippen LogP contribution in [0, 0.1) is 0 Å². The molecule has 0 saturated heterocycles. The molecule has 0 bridgehead atoms. The predicted octanol–water partition coefficient (Wildman–Crippen LogP) is 1.09. The van der Waals surface area contributed by atoms with E-state index < -0.39 is 24.4 Å². The van der Waals surface area contributed by atoms with Gasteiger partial charge in [-0.05, 0) is 24.3 Å². The number of carbonyl (C=O) groups excluding carboxylic acids is 2. The van der Waals surface area contributed by atoms with Crippen LogP contribution in [-0.2, 0) is 31.9 Å². The Hall–Kier alpha value is -2.58. The van der Waals surface area contributed by atoms with Crippen molar-refractivity contribution in [2.24, 2.45) is 11.5 Å². The smallest absolute Gasteiger partial charge is 0.419 e. The van der Waals surface area contributed by atoms with Crippen LogP contribution in [0.15, 0.2) is 45.6 Å². The van der Waals surface area contributed by atoms with Gasteiger partial charge in [0.2, 0.25) is 0 Å². The Morgan fingerprint density at radius 1 is 0.875 bits per heavy atom. The van der Waals surface area contributed by atoms with Crippen LogP contribution in [0.1, 0.15) is 24.4 Å². The molecule has 0 spiro atoms. The van der Waals surface area contributed by atoms with Crippen molar-refractivity contribution in [1.82, 2.24) is 0 Å². The van der Waals surface area contributed by atoms with E-state index in [0.29, 0.717) is 37.2 Å². The average Bonchev–Trinajstić information content (AvgIpc) is 3.24. The summed E-state index contributed by atoms with van der Waals surface area (Å²) in [5.41, 5.74) is 11.3. The van der Waals surface area contributed by atoms with Gasteiger partial charge in [-0.15, -0.1) is 0 Å². The van der Waals surface area contributed by atoms with Crippen molar-refractivity contribution in [1.29, 1.82) is 0 Å². The first-order valence-corrected chi connectivity index (χ1v) is 7.52. The number of aryl methyl sites for hydroxylation is 2. The second-order valence-electron chi connectivity index (χ2n) is 5.12. The number of rotatable bonds is 8. The second kappa shape index (κ2) is 8.90. The fraction of sp³-hybridized carbons (Fsp3) is 0.375. The van der Waals surface area contributed by atoms with Gasteiger partial charge in [0.25, 0.3) is 0 Å². The molecule has 0 aromatic carbocycles. The van der Waals surface area contributed by atoms with E-state index in [-0.39, 0.29) is 0 Å². The molecule has 2 atom stereocenters. The van der Waals surface area contributed by atoms with Crippen LogP contribution in [-0.4, -0.2) is 24.4 Å². The molecule has 2 heterocycles. The van der Waals surface area contributed by atoms with Crippen molar-refractivity contribution in [3.05, 3.63) is 48.3 Å². The molecule has 0 amide bonds. The highest BCUT2D eigenvalue weighted by Gasteiger charge is 2.23. The SMILES string of the molecule is NC(CCc1ccco1)OC(=O)C(=O)OC(N)CCc1ccco1. The van der Waals surface area contributed by atoms with E-state index >= 15 is 0 Å². The molecular formula is C16H20N2O6. The van der Waals surface area contributed by atoms with Gasteiger partial charge in [-0.25, -0.2) is 9.59 Å². The molecule has 0 aliphatic rings. The van der Waals surface area contributed by atoms with E-state index in [1.54, 1.807) is 24.3 Å². The minimum absolute atomic E-state index is 0.317. The van der Waals surface area contributed by atoms with Crippen LogP contribution < -0.4 is 11.5 Å². The molecule has 0 radical (unpaired) electrons. The van der Waals surface area contributed by atoms with Crippen LogP contribution in [0.25, 0.3) is 0 Å². The van der Waals surface area contributed by atoms with Crippen LogP contribution in [0.2, 0.25) is 0 Å². The van der Waals surface area contributed by atoms with Crippen molar-refractivity contribution in [3.8, 4) is 0 Å². The van der Waals surface area contributed by atoms with E-state index in [9.17, 15) is 9.59 Å². The zero-order chi connectivity index (χ0) is 17.4. The van der Waals surface area contributed by atoms with Crippen LogP contribution in [0.3, 0.4) is 0 Å². The zero-order valence-corrected chi connectivity index (χ0v) is 13.1. The van der Waals surface area contributed by atoms with Gasteiger partial charge in [-0.2, -0.15) is 0 Å². The highest BCUT2D eigenvalue weighted by Crippen LogP contribution is 2.08. The van der Waals surface area contributed by atoms with E-state index in [1.165, 1.54) is 12.5 Å². The molecule has 130 valence electrons. The van der Waals surface area contributed by atoms with Crippen molar-refractivity contribution >= 4 is 11.9 Å². The molecule has 2 rings (SSSR count). The monoisotopic (exact) mass is 336 g/mol. The molecule has 24 heavy (non-hydrogen) atoms. The lowest BCUT2D eigenvalue weighted by atomic mass is 10.2. The summed E-state index contributed by atoms with van der Waals surface area (Å²) < 4.78 is 19.9. The quantitative estimate of drug-likeness (QED) is 0.416. The molecule has 2 aromatic heterocycles. The molecule has 8 heteroatoms. The Kier molecular flexibility index (Phi) is 6.59. The summed E-state index contributed by atoms with van der Waals surface area (Å²) in [5, 5.41) is 0. The number of esters is 2. The number of hydrogen-bond donors (Lipinski definition) is 2. The summed E-state index contributed by atoms with van der Waals surface area (Å²) in [6.45, 7) is 0. The fourth-order valence-electron chi connectivity index (χ4n) is 1.97. The standard InChI is InChI=1S/C16H20N2O6/c17-13(7-5-11-3-1-9-21-11)23-15(19)16(20)24-14(18)8-6-12-4-2-10-22-12/h1-4,9-10,13-14H,5-8,17-18H2. The van der Waals surface area contributed by atoms with Gasteiger partial charge < -0.3 is 18.3 Å². The van der Waals surface area contributed by atoms with Gasteiger partial charge in [0.05, 0.1) is 12.5 Å². The van der Waals surface area contributed by atoms with E-state index in [1.807, 2.05) is 0 Å². The molecule has 2 aromatic rings. The Morgan fingerprint density at radius 2 is 1.29 bits per heavy atom. The summed E-state index contributed by atoms with van der Waals surface area (Å²) in [6, 6.07) is 7.05. The Balaban J connectivity index is 1.65. The number of nitrogens with two attached hydrogens (primary N) is 2. The first-order valence-electron chi connectivity index (χ1n) is 7.52. The van der Waals surface area contributed by atoms with Crippen LogP contribution in [0.5, 0.6) is 0 Å². The number of furan rings is 2. The lowest BCUT2D eigenvalue weighted by Crippen LogP contribution is -2.36. The second-order valence-corrected chi connectivity index (χ2v) is 5.12. The highest BCUT2D eigenvalue weighted by atomic mass is 16.6. The third-order valence-corrected chi connectivity index (χ3v) is 3.19. The minimum atomic E-state index is -1.17. The van der Waals surface area contributed by atoms with Gasteiger partial charge in [0.15, 0.2) is 12.5 Å². The summed E-state index contributed by atoms with van der Waals surface area (Å²) in [5.74, 6) is -0.918. The molecule has 0 aliphatic heterocycles. The van der Waals surface area contributed by atoms with Crippen molar-refractivity contribution < 1.29 is 27.9 Å². The lowest BCUT2D eigenvalue weighted by molar-refractivity contribution is -0.174. The molecule has 0 aliphatic carbocycles. The first kappa shape index (κ1) is 17.8. The summed E-state index contributed by atoms with van der Waals surface area (Å²) in [4.78, 5) is 23.2. The number of ether oxygens (including phenoxy) is 2. The molecule has 4 N–H and O–H groups in total. The Morgan fingerprint density at radius 3 is 1.62 bits per heavy atom. The number of hydrogen-bond acceptors (Lipinski definition) is 8. The average molecular weight is 336 g/mol. The van der Waals surface area contributed by atoms with Gasteiger partial charge >= 0.3 is 11.9 Å². The largest absolute Gasteiger partial charge is 0.469 e. The third kappa shape index (κ3) is 5.90. The Labute approximate surface area is 138 Å². The van der Waals surface area contributed by atoms with Crippen LogP contribution >= 0.6 is 0 Å². The van der Waals surface area contributed by atoms with E-state index in [0.717, 1.165) is 0 Å². The first-order chi connectivity index (χ1) is 11.5. The molecule has 8 nitrogen and oxygen atoms in total. The predicted molar refractivity (Wildman–Crippen MR) is 82.2 cm³/mol. The lowest BCUT2D eigenvalue weighted by Gasteiger charge is -2.14. The van der Waals surface area contributed by atoms with Gasteiger partial charge in [-0.3, -0.25) is 11.5 Å². The zero-order valence-electron chi connectivity index (χ0n) is 13.1. The Bertz CT molecular complexity index is 567. The summed E-state index contributed by atoms with van der Waals surface area (Å²) >= 11 is 0. The number of carbonyl (C=O) groups is 2. The van der Waals surface area contributed by atoms with Crippen LogP contribution in [0.4, 0.5) is 0 Å². The normalized spacial score (nSPS) is 13.2. The maximum atomic E-state index is 11.6. The van der Waals surface area contributed by atoms with Crippen molar-refractivity contribution in [2.75, 3.05) is 0 Å². The van der Waals surface area contributed by atoms with Gasteiger partial charge in [-0.1, -0.05) is 0 Å². The van der Waals surface area contributed by atoms with Crippen molar-refractivity contribution in [2.45, 2.75) is 38.1 Å². The van der Waals surface area contributed by atoms with E-state index in [2.05, 4.69) is 0 Å². The maximum Gasteiger partial charge on any atom is 0.419 e. The highest BCUT2D eigenvalue weighted by molar-refractivity contribution is 6.29. The van der Waals surface area contributed by atoms with Crippen molar-refractivity contribution in [3.63, 3.8) is 0 Å². The maximum absolute atomic E-state index is 11.6.